The number of aliphatic hydroxyl groups excluding tert-OH is 1. The predicted molar refractivity (Wildman–Crippen MR) is 71.6 cm³/mol. The highest BCUT2D eigenvalue weighted by Gasteiger charge is 2.05. The van der Waals surface area contributed by atoms with E-state index in [1.165, 1.54) is 13.2 Å². The van der Waals surface area contributed by atoms with E-state index in [2.05, 4.69) is 0 Å². The molecule has 0 aliphatic heterocycles. The van der Waals surface area contributed by atoms with Crippen LogP contribution in [0.15, 0.2) is 60.2 Å². The number of ether oxygens (including phenoxy) is 1. The Morgan fingerprint density at radius 1 is 1.22 bits per heavy atom. The molecule has 18 heavy (non-hydrogen) atoms. The SMILES string of the molecule is COc1cc(/C(O)=C/C=C2C=CC=C2)ccc1O. The largest absolute Gasteiger partial charge is 0.507 e. The molecule has 3 nitrogen and oxygen atoms in total. The predicted octanol–water partition coefficient (Wildman–Crippen LogP) is 3.35. The van der Waals surface area contributed by atoms with Gasteiger partial charge in [0.1, 0.15) is 5.76 Å². The van der Waals surface area contributed by atoms with Gasteiger partial charge in [0.15, 0.2) is 11.5 Å². The molecule has 0 saturated carbocycles. The van der Waals surface area contributed by atoms with E-state index < -0.39 is 0 Å². The number of benzene rings is 1. The fourth-order valence-electron chi connectivity index (χ4n) is 1.61. The summed E-state index contributed by atoms with van der Waals surface area (Å²) in [4.78, 5) is 0. The van der Waals surface area contributed by atoms with E-state index in [4.69, 9.17) is 4.74 Å². The lowest BCUT2D eigenvalue weighted by Crippen LogP contribution is -1.87. The van der Waals surface area contributed by atoms with E-state index in [0.29, 0.717) is 11.3 Å². The first-order valence-electron chi connectivity index (χ1n) is 5.54. The van der Waals surface area contributed by atoms with Crippen molar-refractivity contribution in [1.82, 2.24) is 0 Å². The molecule has 1 aromatic rings. The van der Waals surface area contributed by atoms with Gasteiger partial charge in [0.05, 0.1) is 7.11 Å². The highest BCUT2D eigenvalue weighted by atomic mass is 16.5. The first kappa shape index (κ1) is 12.0. The summed E-state index contributed by atoms with van der Waals surface area (Å²) >= 11 is 0. The fourth-order valence-corrected chi connectivity index (χ4v) is 1.61. The third-order valence-electron chi connectivity index (χ3n) is 2.60. The zero-order chi connectivity index (χ0) is 13.0. The first-order valence-corrected chi connectivity index (χ1v) is 5.54. The molecule has 0 unspecified atom stereocenters. The summed E-state index contributed by atoms with van der Waals surface area (Å²) in [6, 6.07) is 4.70. The van der Waals surface area contributed by atoms with Gasteiger partial charge in [-0.25, -0.2) is 0 Å². The van der Waals surface area contributed by atoms with Crippen LogP contribution in [0.1, 0.15) is 5.56 Å². The van der Waals surface area contributed by atoms with E-state index >= 15 is 0 Å². The van der Waals surface area contributed by atoms with Crippen LogP contribution < -0.4 is 4.74 Å². The Bertz CT molecular complexity index is 549. The van der Waals surface area contributed by atoms with Crippen LogP contribution in [-0.4, -0.2) is 17.3 Å². The van der Waals surface area contributed by atoms with Crippen molar-refractivity contribution < 1.29 is 14.9 Å². The van der Waals surface area contributed by atoms with E-state index in [-0.39, 0.29) is 11.5 Å². The van der Waals surface area contributed by atoms with Crippen molar-refractivity contribution in [3.05, 3.63) is 65.8 Å². The molecule has 0 amide bonds. The molecule has 0 bridgehead atoms. The number of allylic oxidation sites excluding steroid dienone is 7. The fraction of sp³-hybridized carbons (Fsp3) is 0.0667. The van der Waals surface area contributed by atoms with E-state index in [9.17, 15) is 10.2 Å². The molecular formula is C15H14O3. The molecular weight excluding hydrogens is 228 g/mol. The number of aliphatic hydroxyl groups is 1. The van der Waals surface area contributed by atoms with Crippen molar-refractivity contribution in [2.24, 2.45) is 0 Å². The monoisotopic (exact) mass is 242 g/mol. The Kier molecular flexibility index (Phi) is 3.53. The highest BCUT2D eigenvalue weighted by Crippen LogP contribution is 2.28. The topological polar surface area (TPSA) is 49.7 Å². The van der Waals surface area contributed by atoms with Gasteiger partial charge in [-0.3, -0.25) is 0 Å². The molecule has 3 heteroatoms. The zero-order valence-electron chi connectivity index (χ0n) is 10.00. The molecule has 92 valence electrons. The van der Waals surface area contributed by atoms with Gasteiger partial charge in [-0.1, -0.05) is 30.4 Å². The maximum absolute atomic E-state index is 9.92. The summed E-state index contributed by atoms with van der Waals surface area (Å²) < 4.78 is 4.99. The number of rotatable bonds is 3. The van der Waals surface area contributed by atoms with Gasteiger partial charge in [-0.15, -0.1) is 0 Å². The van der Waals surface area contributed by atoms with Crippen molar-refractivity contribution >= 4 is 5.76 Å². The lowest BCUT2D eigenvalue weighted by atomic mass is 10.1. The number of aromatic hydroxyl groups is 1. The molecule has 0 atom stereocenters. The second kappa shape index (κ2) is 5.27. The second-order valence-electron chi connectivity index (χ2n) is 3.82. The lowest BCUT2D eigenvalue weighted by Gasteiger charge is -2.05. The number of phenolic OH excluding ortho intramolecular Hbond substituents is 1. The first-order chi connectivity index (χ1) is 8.70. The van der Waals surface area contributed by atoms with Crippen LogP contribution in [0, 0.1) is 0 Å². The standard InChI is InChI=1S/C15H14O3/c1-18-15-10-12(7-9-14(15)17)13(16)8-6-11-4-2-3-5-11/h2-10,16-17H,1H3/b13-8-. The highest BCUT2D eigenvalue weighted by molar-refractivity contribution is 5.64. The van der Waals surface area contributed by atoms with Crippen molar-refractivity contribution in [1.29, 1.82) is 0 Å². The summed E-state index contributed by atoms with van der Waals surface area (Å²) in [6.45, 7) is 0. The molecule has 1 aliphatic carbocycles. The van der Waals surface area contributed by atoms with Crippen LogP contribution in [0.5, 0.6) is 11.5 Å². The smallest absolute Gasteiger partial charge is 0.161 e. The van der Waals surface area contributed by atoms with Gasteiger partial charge in [0, 0.05) is 5.56 Å². The third-order valence-corrected chi connectivity index (χ3v) is 2.60. The molecule has 0 fully saturated rings. The van der Waals surface area contributed by atoms with E-state index in [1.807, 2.05) is 30.4 Å². The normalized spacial score (nSPS) is 14.1. The number of methoxy groups -OCH3 is 1. The van der Waals surface area contributed by atoms with Crippen molar-refractivity contribution in [2.75, 3.05) is 7.11 Å². The maximum atomic E-state index is 9.92. The second-order valence-corrected chi connectivity index (χ2v) is 3.82. The minimum absolute atomic E-state index is 0.0501. The van der Waals surface area contributed by atoms with E-state index in [0.717, 1.165) is 5.57 Å². The van der Waals surface area contributed by atoms with Crippen LogP contribution in [-0.2, 0) is 0 Å². The summed E-state index contributed by atoms with van der Waals surface area (Å²) in [7, 11) is 1.47. The Morgan fingerprint density at radius 3 is 2.61 bits per heavy atom. The number of hydrogen-bond donors (Lipinski definition) is 2. The summed E-state index contributed by atoms with van der Waals surface area (Å²) in [5.74, 6) is 0.504. The molecule has 2 rings (SSSR count). The number of hydrogen-bond acceptors (Lipinski definition) is 3. The molecule has 2 N–H and O–H groups in total. The molecule has 0 saturated heterocycles. The van der Waals surface area contributed by atoms with Gasteiger partial charge in [0.2, 0.25) is 0 Å². The van der Waals surface area contributed by atoms with Crippen LogP contribution in [0.25, 0.3) is 5.76 Å². The van der Waals surface area contributed by atoms with E-state index in [1.54, 1.807) is 18.2 Å². The molecule has 0 spiro atoms. The third kappa shape index (κ3) is 2.63. The van der Waals surface area contributed by atoms with Gasteiger partial charge in [0.25, 0.3) is 0 Å². The van der Waals surface area contributed by atoms with Crippen LogP contribution >= 0.6 is 0 Å². The van der Waals surface area contributed by atoms with Gasteiger partial charge in [-0.05, 0) is 29.8 Å². The molecule has 0 radical (unpaired) electrons. The zero-order valence-corrected chi connectivity index (χ0v) is 10.00. The van der Waals surface area contributed by atoms with Crippen LogP contribution in [0.4, 0.5) is 0 Å². The van der Waals surface area contributed by atoms with Gasteiger partial charge < -0.3 is 14.9 Å². The van der Waals surface area contributed by atoms with Gasteiger partial charge >= 0.3 is 0 Å². The minimum Gasteiger partial charge on any atom is -0.507 e. The van der Waals surface area contributed by atoms with Crippen LogP contribution in [0.3, 0.4) is 0 Å². The summed E-state index contributed by atoms with van der Waals surface area (Å²) in [5, 5.41) is 19.4. The molecule has 1 aliphatic rings. The minimum atomic E-state index is 0.0501. The molecule has 1 aromatic carbocycles. The Morgan fingerprint density at radius 2 is 1.94 bits per heavy atom. The quantitative estimate of drug-likeness (QED) is 0.799. The molecule has 0 aromatic heterocycles. The van der Waals surface area contributed by atoms with Crippen molar-refractivity contribution in [3.8, 4) is 11.5 Å². The lowest BCUT2D eigenvalue weighted by molar-refractivity contribution is 0.373. The van der Waals surface area contributed by atoms with Crippen LogP contribution in [0.2, 0.25) is 0 Å². The Balaban J connectivity index is 2.25. The molecule has 0 heterocycles. The Hall–Kier alpha value is -2.42. The average Bonchev–Trinajstić information content (AvgIpc) is 2.89. The maximum Gasteiger partial charge on any atom is 0.161 e. The van der Waals surface area contributed by atoms with Gasteiger partial charge in [-0.2, -0.15) is 0 Å². The average molecular weight is 242 g/mol. The number of phenols is 1. The Labute approximate surface area is 106 Å². The van der Waals surface area contributed by atoms with Crippen molar-refractivity contribution in [3.63, 3.8) is 0 Å². The summed E-state index contributed by atoms with van der Waals surface area (Å²) in [5.41, 5.74) is 1.61. The van der Waals surface area contributed by atoms with Crippen molar-refractivity contribution in [2.45, 2.75) is 0 Å². The summed E-state index contributed by atoms with van der Waals surface area (Å²) in [6.07, 6.45) is 11.2.